The number of amides is 1. The van der Waals surface area contributed by atoms with Gasteiger partial charge in [0.25, 0.3) is 0 Å². The quantitative estimate of drug-likeness (QED) is 0.499. The van der Waals surface area contributed by atoms with E-state index in [2.05, 4.69) is 19.6 Å². The second-order valence-electron chi connectivity index (χ2n) is 3.70. The van der Waals surface area contributed by atoms with Gasteiger partial charge < -0.3 is 4.90 Å². The van der Waals surface area contributed by atoms with Crippen LogP contribution in [0.1, 0.15) is 32.6 Å². The second kappa shape index (κ2) is 6.23. The van der Waals surface area contributed by atoms with Crippen LogP contribution in [0.3, 0.4) is 0 Å². The average molecular weight is 205 g/mol. The molecule has 1 aliphatic heterocycles. The molecule has 0 aromatic rings. The van der Waals surface area contributed by atoms with Gasteiger partial charge in [0.2, 0.25) is 5.91 Å². The molecule has 0 aliphatic carbocycles. The number of carbonyl (C=O) groups excluding carboxylic acids is 1. The Hall–Kier alpha value is -1.31. The number of hydrogen-bond acceptors (Lipinski definition) is 1. The predicted octanol–water partition coefficient (Wildman–Crippen LogP) is 3.03. The highest BCUT2D eigenvalue weighted by molar-refractivity contribution is 5.79. The Morgan fingerprint density at radius 1 is 1.53 bits per heavy atom. The van der Waals surface area contributed by atoms with Crippen LogP contribution in [0.25, 0.3) is 0 Å². The van der Waals surface area contributed by atoms with Crippen molar-refractivity contribution in [3.05, 3.63) is 37.1 Å². The zero-order valence-corrected chi connectivity index (χ0v) is 9.36. The minimum absolute atomic E-state index is 0.225. The van der Waals surface area contributed by atoms with Crippen LogP contribution >= 0.6 is 0 Å². The van der Waals surface area contributed by atoms with Gasteiger partial charge in [-0.25, -0.2) is 0 Å². The van der Waals surface area contributed by atoms with Crippen molar-refractivity contribution >= 4 is 5.91 Å². The van der Waals surface area contributed by atoms with E-state index >= 15 is 0 Å². The molecule has 1 fully saturated rings. The fourth-order valence-corrected chi connectivity index (χ4v) is 1.75. The van der Waals surface area contributed by atoms with Crippen LogP contribution < -0.4 is 0 Å². The zero-order chi connectivity index (χ0) is 11.1. The summed E-state index contributed by atoms with van der Waals surface area (Å²) in [6, 6.07) is 0.321. The maximum absolute atomic E-state index is 11.5. The maximum atomic E-state index is 11.5. The van der Waals surface area contributed by atoms with E-state index in [1.807, 2.05) is 29.3 Å². The van der Waals surface area contributed by atoms with E-state index in [1.54, 1.807) is 0 Å². The van der Waals surface area contributed by atoms with Crippen LogP contribution in [-0.4, -0.2) is 16.8 Å². The summed E-state index contributed by atoms with van der Waals surface area (Å²) in [4.78, 5) is 13.4. The van der Waals surface area contributed by atoms with Crippen molar-refractivity contribution in [3.63, 3.8) is 0 Å². The van der Waals surface area contributed by atoms with E-state index < -0.39 is 0 Å². The first kappa shape index (κ1) is 11.8. The van der Waals surface area contributed by atoms with Crippen LogP contribution in [-0.2, 0) is 4.79 Å². The molecule has 0 aromatic heterocycles. The summed E-state index contributed by atoms with van der Waals surface area (Å²) in [5.41, 5.74) is 0. The minimum Gasteiger partial charge on any atom is -0.316 e. The monoisotopic (exact) mass is 205 g/mol. The van der Waals surface area contributed by atoms with E-state index in [0.29, 0.717) is 12.5 Å². The Kier molecular flexibility index (Phi) is 4.88. The molecule has 0 spiro atoms. The Balaban J connectivity index is 2.55. The molecule has 2 nitrogen and oxygen atoms in total. The van der Waals surface area contributed by atoms with Crippen molar-refractivity contribution in [1.29, 1.82) is 0 Å². The van der Waals surface area contributed by atoms with Crippen LogP contribution in [0, 0.1) is 0 Å². The lowest BCUT2D eigenvalue weighted by Gasteiger charge is -2.18. The van der Waals surface area contributed by atoms with E-state index in [-0.39, 0.29) is 5.91 Å². The molecule has 1 atom stereocenters. The van der Waals surface area contributed by atoms with Gasteiger partial charge in [-0.15, -0.1) is 6.58 Å². The van der Waals surface area contributed by atoms with Crippen molar-refractivity contribution in [2.45, 2.75) is 38.6 Å². The van der Waals surface area contributed by atoms with Gasteiger partial charge in [0.1, 0.15) is 0 Å². The first-order valence-electron chi connectivity index (χ1n) is 5.55. The summed E-state index contributed by atoms with van der Waals surface area (Å²) < 4.78 is 0. The first-order chi connectivity index (χ1) is 7.29. The van der Waals surface area contributed by atoms with E-state index in [0.717, 1.165) is 19.3 Å². The average Bonchev–Trinajstić information content (AvgIpc) is 2.56. The van der Waals surface area contributed by atoms with Gasteiger partial charge in [0, 0.05) is 18.7 Å². The number of carbonyl (C=O) groups is 1. The molecule has 1 heterocycles. The number of rotatable bonds is 5. The molecule has 1 unspecified atom stereocenters. The van der Waals surface area contributed by atoms with Gasteiger partial charge in [-0.1, -0.05) is 25.2 Å². The van der Waals surface area contributed by atoms with Gasteiger partial charge in [0.05, 0.1) is 0 Å². The second-order valence-corrected chi connectivity index (χ2v) is 3.70. The SMILES string of the molecule is C=CCC1CCC(=O)N1/C=C/C=C/CC. The van der Waals surface area contributed by atoms with Gasteiger partial charge >= 0.3 is 0 Å². The van der Waals surface area contributed by atoms with Crippen molar-refractivity contribution < 1.29 is 4.79 Å². The number of likely N-dealkylation sites (tertiary alicyclic amines) is 1. The standard InChI is InChI=1S/C13H19NO/c1-3-5-6-7-11-14-12(8-4-2)9-10-13(14)15/h4-7,11-12H,2-3,8-10H2,1H3/b6-5+,11-7+. The highest BCUT2D eigenvalue weighted by atomic mass is 16.2. The Labute approximate surface area is 92.0 Å². The minimum atomic E-state index is 0.225. The highest BCUT2D eigenvalue weighted by Gasteiger charge is 2.27. The summed E-state index contributed by atoms with van der Waals surface area (Å²) in [5, 5.41) is 0. The molecule has 1 rings (SSSR count). The number of hydrogen-bond donors (Lipinski definition) is 0. The van der Waals surface area contributed by atoms with Crippen molar-refractivity contribution in [2.75, 3.05) is 0 Å². The van der Waals surface area contributed by atoms with Gasteiger partial charge in [-0.05, 0) is 25.3 Å². The van der Waals surface area contributed by atoms with Crippen LogP contribution in [0.5, 0.6) is 0 Å². The molecular formula is C13H19NO. The fraction of sp³-hybridized carbons (Fsp3) is 0.462. The summed E-state index contributed by atoms with van der Waals surface area (Å²) >= 11 is 0. The van der Waals surface area contributed by atoms with E-state index in [4.69, 9.17) is 0 Å². The number of allylic oxidation sites excluding steroid dienone is 3. The van der Waals surface area contributed by atoms with Crippen LogP contribution in [0.15, 0.2) is 37.1 Å². The summed E-state index contributed by atoms with van der Waals surface area (Å²) in [6.45, 7) is 5.81. The molecular weight excluding hydrogens is 186 g/mol. The van der Waals surface area contributed by atoms with Gasteiger partial charge in [0.15, 0.2) is 0 Å². The molecule has 0 bridgehead atoms. The third-order valence-electron chi connectivity index (χ3n) is 2.54. The molecule has 2 heteroatoms. The van der Waals surface area contributed by atoms with Crippen molar-refractivity contribution in [2.24, 2.45) is 0 Å². The third kappa shape index (κ3) is 3.39. The molecule has 82 valence electrons. The molecule has 0 aromatic carbocycles. The Bertz CT molecular complexity index is 278. The highest BCUT2D eigenvalue weighted by Crippen LogP contribution is 2.21. The number of nitrogens with zero attached hydrogens (tertiary/aromatic N) is 1. The molecule has 1 aliphatic rings. The van der Waals surface area contributed by atoms with Crippen LogP contribution in [0.4, 0.5) is 0 Å². The molecule has 0 saturated carbocycles. The normalized spacial score (nSPS) is 22.1. The third-order valence-corrected chi connectivity index (χ3v) is 2.54. The predicted molar refractivity (Wildman–Crippen MR) is 63.3 cm³/mol. The molecule has 1 amide bonds. The first-order valence-corrected chi connectivity index (χ1v) is 5.55. The molecule has 0 N–H and O–H groups in total. The van der Waals surface area contributed by atoms with Crippen molar-refractivity contribution in [1.82, 2.24) is 4.90 Å². The van der Waals surface area contributed by atoms with Crippen LogP contribution in [0.2, 0.25) is 0 Å². The topological polar surface area (TPSA) is 20.3 Å². The van der Waals surface area contributed by atoms with Gasteiger partial charge in [-0.3, -0.25) is 4.79 Å². The molecule has 1 saturated heterocycles. The summed E-state index contributed by atoms with van der Waals surface area (Å²) in [6.07, 6.45) is 13.3. The maximum Gasteiger partial charge on any atom is 0.226 e. The molecule has 0 radical (unpaired) electrons. The van der Waals surface area contributed by atoms with E-state index in [9.17, 15) is 4.79 Å². The lowest BCUT2D eigenvalue weighted by Crippen LogP contribution is -2.26. The lowest BCUT2D eigenvalue weighted by atomic mass is 10.1. The fourth-order valence-electron chi connectivity index (χ4n) is 1.75. The smallest absolute Gasteiger partial charge is 0.226 e. The largest absolute Gasteiger partial charge is 0.316 e. The summed E-state index contributed by atoms with van der Waals surface area (Å²) in [5.74, 6) is 0.225. The van der Waals surface area contributed by atoms with Gasteiger partial charge in [-0.2, -0.15) is 0 Å². The Morgan fingerprint density at radius 2 is 2.33 bits per heavy atom. The molecule has 15 heavy (non-hydrogen) atoms. The zero-order valence-electron chi connectivity index (χ0n) is 9.36. The summed E-state index contributed by atoms with van der Waals surface area (Å²) in [7, 11) is 0. The van der Waals surface area contributed by atoms with Crippen molar-refractivity contribution in [3.8, 4) is 0 Å². The van der Waals surface area contributed by atoms with E-state index in [1.165, 1.54) is 0 Å². The Morgan fingerprint density at radius 3 is 3.00 bits per heavy atom. The lowest BCUT2D eigenvalue weighted by molar-refractivity contribution is -0.126.